The summed E-state index contributed by atoms with van der Waals surface area (Å²) in [5.74, 6) is 0.854. The van der Waals surface area contributed by atoms with Gasteiger partial charge in [0.2, 0.25) is 0 Å². The Morgan fingerprint density at radius 1 is 1.41 bits per heavy atom. The second-order valence-corrected chi connectivity index (χ2v) is 5.69. The van der Waals surface area contributed by atoms with E-state index < -0.39 is 0 Å². The zero-order valence-corrected chi connectivity index (χ0v) is 10.5. The molecule has 0 unspecified atom stereocenters. The lowest BCUT2D eigenvalue weighted by atomic mass is 9.84. The van der Waals surface area contributed by atoms with Crippen molar-refractivity contribution >= 4 is 28.7 Å². The Morgan fingerprint density at radius 3 is 3.00 bits per heavy atom. The minimum atomic E-state index is 0.400. The lowest BCUT2D eigenvalue weighted by molar-refractivity contribution is 0.379. The molecule has 90 valence electrons. The summed E-state index contributed by atoms with van der Waals surface area (Å²) >= 11 is 1.95. The SMILES string of the molecule is CSC1(CNc2ncnc3nc[nH]c23)CCC1. The largest absolute Gasteiger partial charge is 0.367 e. The fourth-order valence-corrected chi connectivity index (χ4v) is 3.08. The molecule has 3 rings (SSSR count). The van der Waals surface area contributed by atoms with Gasteiger partial charge in [-0.3, -0.25) is 0 Å². The smallest absolute Gasteiger partial charge is 0.182 e. The zero-order chi connectivity index (χ0) is 11.7. The first-order chi connectivity index (χ1) is 8.33. The monoisotopic (exact) mass is 249 g/mol. The number of hydrogen-bond donors (Lipinski definition) is 2. The maximum Gasteiger partial charge on any atom is 0.182 e. The van der Waals surface area contributed by atoms with E-state index in [0.717, 1.165) is 17.9 Å². The number of thioether (sulfide) groups is 1. The first-order valence-corrected chi connectivity index (χ1v) is 6.99. The summed E-state index contributed by atoms with van der Waals surface area (Å²) < 4.78 is 0.400. The van der Waals surface area contributed by atoms with E-state index in [4.69, 9.17) is 0 Å². The standard InChI is InChI=1S/C11H15N5S/c1-17-11(3-2-4-11)5-12-9-8-10(14-6-13-8)16-7-15-9/h6-7H,2-5H2,1H3,(H2,12,13,14,15,16). The van der Waals surface area contributed by atoms with Crippen LogP contribution in [0.15, 0.2) is 12.7 Å². The molecule has 17 heavy (non-hydrogen) atoms. The molecule has 0 spiro atoms. The van der Waals surface area contributed by atoms with Crippen LogP contribution in [0.4, 0.5) is 5.82 Å². The summed E-state index contributed by atoms with van der Waals surface area (Å²) in [6.45, 7) is 0.958. The molecule has 0 aromatic carbocycles. The lowest BCUT2D eigenvalue weighted by Gasteiger charge is -2.40. The van der Waals surface area contributed by atoms with Gasteiger partial charge in [0.1, 0.15) is 11.8 Å². The number of nitrogens with one attached hydrogen (secondary N) is 2. The Balaban J connectivity index is 1.78. The van der Waals surface area contributed by atoms with Gasteiger partial charge in [-0.1, -0.05) is 6.42 Å². The van der Waals surface area contributed by atoms with Crippen LogP contribution >= 0.6 is 11.8 Å². The lowest BCUT2D eigenvalue weighted by Crippen LogP contribution is -2.40. The maximum absolute atomic E-state index is 4.27. The number of nitrogens with zero attached hydrogens (tertiary/aromatic N) is 3. The van der Waals surface area contributed by atoms with E-state index in [2.05, 4.69) is 31.5 Å². The number of aromatic amines is 1. The van der Waals surface area contributed by atoms with E-state index in [9.17, 15) is 0 Å². The first-order valence-electron chi connectivity index (χ1n) is 5.76. The number of rotatable bonds is 4. The van der Waals surface area contributed by atoms with Gasteiger partial charge >= 0.3 is 0 Å². The highest BCUT2D eigenvalue weighted by molar-refractivity contribution is 8.00. The van der Waals surface area contributed by atoms with Gasteiger partial charge in [-0.2, -0.15) is 11.8 Å². The van der Waals surface area contributed by atoms with Crippen molar-refractivity contribution in [3.05, 3.63) is 12.7 Å². The van der Waals surface area contributed by atoms with Crippen LogP contribution in [-0.4, -0.2) is 37.5 Å². The average Bonchev–Trinajstić information content (AvgIpc) is 2.77. The van der Waals surface area contributed by atoms with Crippen molar-refractivity contribution in [2.75, 3.05) is 18.1 Å². The number of imidazole rings is 1. The fraction of sp³-hybridized carbons (Fsp3) is 0.545. The molecule has 0 saturated heterocycles. The Morgan fingerprint density at radius 2 is 2.29 bits per heavy atom. The summed E-state index contributed by atoms with van der Waals surface area (Å²) in [4.78, 5) is 15.6. The van der Waals surface area contributed by atoms with Crippen LogP contribution in [0.5, 0.6) is 0 Å². The van der Waals surface area contributed by atoms with Crippen LogP contribution in [0.25, 0.3) is 11.2 Å². The van der Waals surface area contributed by atoms with Gasteiger partial charge in [0, 0.05) is 11.3 Å². The Hall–Kier alpha value is -1.30. The van der Waals surface area contributed by atoms with Crippen molar-refractivity contribution in [3.8, 4) is 0 Å². The van der Waals surface area contributed by atoms with Gasteiger partial charge in [0.25, 0.3) is 0 Å². The molecule has 0 aliphatic heterocycles. The summed E-state index contributed by atoms with van der Waals surface area (Å²) in [6.07, 6.45) is 9.31. The van der Waals surface area contributed by atoms with Gasteiger partial charge in [0.15, 0.2) is 11.5 Å². The predicted molar refractivity (Wildman–Crippen MR) is 70.3 cm³/mol. The molecule has 1 aliphatic rings. The quantitative estimate of drug-likeness (QED) is 0.868. The van der Waals surface area contributed by atoms with Gasteiger partial charge in [-0.15, -0.1) is 0 Å². The summed E-state index contributed by atoms with van der Waals surface area (Å²) in [6, 6.07) is 0. The maximum atomic E-state index is 4.27. The van der Waals surface area contributed by atoms with Crippen LogP contribution in [-0.2, 0) is 0 Å². The van der Waals surface area contributed by atoms with Crippen molar-refractivity contribution in [1.82, 2.24) is 19.9 Å². The van der Waals surface area contributed by atoms with Crippen molar-refractivity contribution in [1.29, 1.82) is 0 Å². The van der Waals surface area contributed by atoms with E-state index in [1.54, 1.807) is 12.7 Å². The van der Waals surface area contributed by atoms with Crippen molar-refractivity contribution in [2.45, 2.75) is 24.0 Å². The van der Waals surface area contributed by atoms with Crippen molar-refractivity contribution < 1.29 is 0 Å². The molecule has 1 aliphatic carbocycles. The second-order valence-electron chi connectivity index (χ2n) is 4.42. The minimum Gasteiger partial charge on any atom is -0.367 e. The summed E-state index contributed by atoms with van der Waals surface area (Å²) in [5.41, 5.74) is 1.61. The Labute approximate surface area is 104 Å². The minimum absolute atomic E-state index is 0.400. The highest BCUT2D eigenvalue weighted by atomic mass is 32.2. The van der Waals surface area contributed by atoms with E-state index in [-0.39, 0.29) is 0 Å². The van der Waals surface area contributed by atoms with Crippen LogP contribution in [0.1, 0.15) is 19.3 Å². The highest BCUT2D eigenvalue weighted by Crippen LogP contribution is 2.42. The Kier molecular flexibility index (Phi) is 2.66. The summed E-state index contributed by atoms with van der Waals surface area (Å²) in [7, 11) is 0. The van der Waals surface area contributed by atoms with Crippen LogP contribution in [0, 0.1) is 0 Å². The second kappa shape index (κ2) is 4.18. The molecule has 0 amide bonds. The molecular weight excluding hydrogens is 234 g/mol. The van der Waals surface area contributed by atoms with Crippen LogP contribution < -0.4 is 5.32 Å². The first kappa shape index (κ1) is 10.8. The third-order valence-electron chi connectivity index (χ3n) is 3.50. The third-order valence-corrected chi connectivity index (χ3v) is 4.92. The molecule has 0 bridgehead atoms. The molecular formula is C11H15N5S. The van der Waals surface area contributed by atoms with E-state index in [1.165, 1.54) is 19.3 Å². The van der Waals surface area contributed by atoms with E-state index in [1.807, 2.05) is 11.8 Å². The number of hydrogen-bond acceptors (Lipinski definition) is 5. The molecule has 6 heteroatoms. The number of H-pyrrole nitrogens is 1. The molecule has 5 nitrogen and oxygen atoms in total. The van der Waals surface area contributed by atoms with Gasteiger partial charge in [-0.05, 0) is 19.1 Å². The topological polar surface area (TPSA) is 66.5 Å². The van der Waals surface area contributed by atoms with Crippen molar-refractivity contribution in [2.24, 2.45) is 0 Å². The Bertz CT molecular complexity index is 514. The van der Waals surface area contributed by atoms with E-state index in [0.29, 0.717) is 10.4 Å². The normalized spacial score (nSPS) is 17.9. The summed E-state index contributed by atoms with van der Waals surface area (Å²) in [5, 5.41) is 3.42. The number of fused-ring (bicyclic) bond motifs is 1. The molecule has 2 aromatic heterocycles. The molecule has 2 heterocycles. The average molecular weight is 249 g/mol. The molecule has 1 fully saturated rings. The number of anilines is 1. The molecule has 0 atom stereocenters. The molecule has 0 radical (unpaired) electrons. The van der Waals surface area contributed by atoms with Crippen LogP contribution in [0.2, 0.25) is 0 Å². The van der Waals surface area contributed by atoms with E-state index >= 15 is 0 Å². The molecule has 2 aromatic rings. The van der Waals surface area contributed by atoms with Crippen molar-refractivity contribution in [3.63, 3.8) is 0 Å². The highest BCUT2D eigenvalue weighted by Gasteiger charge is 2.36. The van der Waals surface area contributed by atoms with Gasteiger partial charge in [0.05, 0.1) is 6.33 Å². The third kappa shape index (κ3) is 1.86. The molecule has 2 N–H and O–H groups in total. The van der Waals surface area contributed by atoms with Crippen LogP contribution in [0.3, 0.4) is 0 Å². The predicted octanol–water partition coefficient (Wildman–Crippen LogP) is 2.05. The fourth-order valence-electron chi connectivity index (χ4n) is 2.17. The zero-order valence-electron chi connectivity index (χ0n) is 9.73. The number of aromatic nitrogens is 4. The van der Waals surface area contributed by atoms with Gasteiger partial charge in [-0.25, -0.2) is 15.0 Å². The molecule has 1 saturated carbocycles. The van der Waals surface area contributed by atoms with Gasteiger partial charge < -0.3 is 10.3 Å².